The number of carbonyl (C=O) groups is 1. The number of hydrogen-bond donors (Lipinski definition) is 5. The smallest absolute Gasteiger partial charge is 0.258 e. The molecule has 11 heteroatoms. The molecule has 1 aromatic rings. The average Bonchev–Trinajstić information content (AvgIpc) is 3.12. The fourth-order valence-corrected chi connectivity index (χ4v) is 4.12. The number of hydrogen-bond acceptors (Lipinski definition) is 8. The van der Waals surface area contributed by atoms with E-state index in [1.165, 1.54) is 12.7 Å². The first kappa shape index (κ1) is 23.4. The maximum Gasteiger partial charge on any atom is 0.258 e. The number of ether oxygens (including phenoxy) is 1. The van der Waals surface area contributed by atoms with Crippen molar-refractivity contribution >= 4 is 32.1 Å². The normalized spacial score (nSPS) is 20.3. The summed E-state index contributed by atoms with van der Waals surface area (Å²) in [6.07, 6.45) is 6.37. The maximum absolute atomic E-state index is 11.9. The van der Waals surface area contributed by atoms with Crippen LogP contribution in [-0.4, -0.2) is 57.5 Å². The van der Waals surface area contributed by atoms with E-state index in [1.54, 1.807) is 6.92 Å². The Morgan fingerprint density at radius 1 is 1.38 bits per heavy atom. The number of amides is 1. The molecule has 1 heterocycles. The molecule has 0 radical (unpaired) electrons. The Labute approximate surface area is 172 Å². The summed E-state index contributed by atoms with van der Waals surface area (Å²) in [6.45, 7) is 5.20. The van der Waals surface area contributed by atoms with E-state index in [4.69, 9.17) is 10.5 Å². The number of anilines is 1. The number of carbonyl (C=O) groups excluding carboxylic acids is 1. The van der Waals surface area contributed by atoms with Crippen LogP contribution < -0.4 is 16.4 Å². The summed E-state index contributed by atoms with van der Waals surface area (Å²) < 4.78 is 5.55. The number of nitrogens with one attached hydrogen (secondary N) is 2. The molecule has 2 rings (SSSR count). The van der Waals surface area contributed by atoms with Crippen molar-refractivity contribution in [1.29, 1.82) is 0 Å². The zero-order valence-corrected chi connectivity index (χ0v) is 17.8. The van der Waals surface area contributed by atoms with Gasteiger partial charge in [-0.05, 0) is 51.4 Å². The van der Waals surface area contributed by atoms with Crippen molar-refractivity contribution in [2.24, 2.45) is 22.6 Å². The van der Waals surface area contributed by atoms with E-state index < -0.39 is 20.1 Å². The summed E-state index contributed by atoms with van der Waals surface area (Å²) in [5, 5.41) is 5.74. The van der Waals surface area contributed by atoms with E-state index in [1.807, 2.05) is 6.92 Å². The summed E-state index contributed by atoms with van der Waals surface area (Å²) in [4.78, 5) is 43.7. The lowest BCUT2D eigenvalue weighted by Crippen LogP contribution is -2.36. The van der Waals surface area contributed by atoms with Gasteiger partial charge in [-0.3, -0.25) is 4.79 Å². The molecule has 3 atom stereocenters. The molecular weight excluding hydrogens is 395 g/mol. The van der Waals surface area contributed by atoms with E-state index in [2.05, 4.69) is 25.6 Å². The lowest BCUT2D eigenvalue weighted by atomic mass is 9.99. The van der Waals surface area contributed by atoms with E-state index in [0.717, 1.165) is 37.9 Å². The molecule has 1 aromatic heterocycles. The molecule has 1 fully saturated rings. The van der Waals surface area contributed by atoms with Crippen molar-refractivity contribution in [1.82, 2.24) is 15.3 Å². The predicted octanol–water partition coefficient (Wildman–Crippen LogP) is 1.26. The standard InChI is InChI=1S/C18H31N6O4P/c1-3-20-16-15(22-10-19)14(23-11-24-16)8-12-5-6-13(7-12)9-28-18(29(26)27)17(25)21-4-2/h10-13,18,26-27H,3-9H2,1-2H3,(H2,19,22)(H,21,25)(H,20,23,24). The number of likely N-dealkylation sites (N-methyl/N-ethyl adjacent to an activating group) is 1. The quantitative estimate of drug-likeness (QED) is 0.201. The second-order valence-electron chi connectivity index (χ2n) is 6.98. The van der Waals surface area contributed by atoms with E-state index in [9.17, 15) is 14.6 Å². The zero-order chi connectivity index (χ0) is 21.2. The fraction of sp³-hybridized carbons (Fsp3) is 0.667. The van der Waals surface area contributed by atoms with Crippen molar-refractivity contribution in [3.05, 3.63) is 12.0 Å². The van der Waals surface area contributed by atoms with Gasteiger partial charge in [0.05, 0.1) is 18.6 Å². The Morgan fingerprint density at radius 2 is 2.14 bits per heavy atom. The molecule has 1 aliphatic carbocycles. The molecular formula is C18H31N6O4P. The molecule has 1 amide bonds. The molecule has 0 aromatic carbocycles. The van der Waals surface area contributed by atoms with Crippen LogP contribution in [0.4, 0.5) is 11.5 Å². The van der Waals surface area contributed by atoms with Gasteiger partial charge in [-0.15, -0.1) is 0 Å². The maximum atomic E-state index is 11.9. The van der Waals surface area contributed by atoms with Crippen molar-refractivity contribution < 1.29 is 19.3 Å². The highest BCUT2D eigenvalue weighted by molar-refractivity contribution is 7.46. The van der Waals surface area contributed by atoms with E-state index in [0.29, 0.717) is 30.6 Å². The number of aromatic nitrogens is 2. The van der Waals surface area contributed by atoms with E-state index in [-0.39, 0.29) is 5.92 Å². The zero-order valence-electron chi connectivity index (χ0n) is 16.9. The number of aliphatic imine (C=N–C) groups is 1. The third-order valence-corrected chi connectivity index (χ3v) is 5.66. The molecule has 6 N–H and O–H groups in total. The topological polar surface area (TPSA) is 155 Å². The first-order valence-electron chi connectivity index (χ1n) is 9.88. The molecule has 0 spiro atoms. The van der Waals surface area contributed by atoms with Crippen molar-refractivity contribution in [2.75, 3.05) is 25.0 Å². The van der Waals surface area contributed by atoms with Crippen LogP contribution in [0.5, 0.6) is 0 Å². The average molecular weight is 426 g/mol. The van der Waals surface area contributed by atoms with Crippen molar-refractivity contribution in [2.45, 2.75) is 45.4 Å². The molecule has 0 aliphatic heterocycles. The largest absolute Gasteiger partial charge is 0.390 e. The van der Waals surface area contributed by atoms with Crippen molar-refractivity contribution in [3.63, 3.8) is 0 Å². The monoisotopic (exact) mass is 426 g/mol. The minimum absolute atomic E-state index is 0.253. The minimum atomic E-state index is -2.49. The van der Waals surface area contributed by atoms with Gasteiger partial charge in [0.2, 0.25) is 14.2 Å². The molecule has 0 saturated heterocycles. The Hall–Kier alpha value is -1.87. The molecule has 10 nitrogen and oxygen atoms in total. The van der Waals surface area contributed by atoms with Gasteiger partial charge in [-0.1, -0.05) is 0 Å². The van der Waals surface area contributed by atoms with Crippen molar-refractivity contribution in [3.8, 4) is 0 Å². The lowest BCUT2D eigenvalue weighted by molar-refractivity contribution is -0.129. The fourth-order valence-electron chi connectivity index (χ4n) is 3.60. The van der Waals surface area contributed by atoms with Gasteiger partial charge in [0.1, 0.15) is 12.0 Å². The second kappa shape index (κ2) is 12.0. The van der Waals surface area contributed by atoms with Gasteiger partial charge in [0.15, 0.2) is 5.82 Å². The Balaban J connectivity index is 1.95. The second-order valence-corrected chi connectivity index (χ2v) is 8.09. The summed E-state index contributed by atoms with van der Waals surface area (Å²) in [7, 11) is -2.49. The Bertz CT molecular complexity index is 690. The van der Waals surface area contributed by atoms with Gasteiger partial charge in [-0.2, -0.15) is 0 Å². The molecule has 1 saturated carbocycles. The van der Waals surface area contributed by atoms with Gasteiger partial charge in [-0.25, -0.2) is 15.0 Å². The van der Waals surface area contributed by atoms with Gasteiger partial charge in [0, 0.05) is 13.1 Å². The molecule has 3 unspecified atom stereocenters. The highest BCUT2D eigenvalue weighted by Crippen LogP contribution is 2.38. The first-order valence-corrected chi connectivity index (χ1v) is 11.2. The Kier molecular flexibility index (Phi) is 9.66. The molecule has 0 bridgehead atoms. The van der Waals surface area contributed by atoms with Crippen LogP contribution in [0.25, 0.3) is 0 Å². The van der Waals surface area contributed by atoms with E-state index >= 15 is 0 Å². The van der Waals surface area contributed by atoms with Crippen LogP contribution in [0.2, 0.25) is 0 Å². The SMILES string of the molecule is CCNC(=O)C(OCC1CCC(Cc2ncnc(NCC)c2/N=C\N)C1)P(O)O. The van der Waals surface area contributed by atoms with Crippen LogP contribution in [0.1, 0.15) is 38.8 Å². The molecule has 162 valence electrons. The highest BCUT2D eigenvalue weighted by atomic mass is 31.2. The highest BCUT2D eigenvalue weighted by Gasteiger charge is 2.31. The van der Waals surface area contributed by atoms with Crippen LogP contribution in [-0.2, 0) is 16.0 Å². The molecule has 1 aliphatic rings. The lowest BCUT2D eigenvalue weighted by Gasteiger charge is -2.20. The third-order valence-electron chi connectivity index (χ3n) is 4.85. The number of rotatable bonds is 11. The van der Waals surface area contributed by atoms with Crippen LogP contribution in [0, 0.1) is 11.8 Å². The van der Waals surface area contributed by atoms with Gasteiger partial charge < -0.3 is 30.9 Å². The van der Waals surface area contributed by atoms with Crippen LogP contribution in [0.3, 0.4) is 0 Å². The Morgan fingerprint density at radius 3 is 2.79 bits per heavy atom. The summed E-state index contributed by atoms with van der Waals surface area (Å²) in [5.41, 5.74) is 7.01. The van der Waals surface area contributed by atoms with Gasteiger partial charge in [0.25, 0.3) is 5.91 Å². The predicted molar refractivity (Wildman–Crippen MR) is 113 cm³/mol. The number of nitrogens with two attached hydrogens (primary N) is 1. The van der Waals surface area contributed by atoms with Crippen LogP contribution in [0.15, 0.2) is 11.3 Å². The van der Waals surface area contributed by atoms with Gasteiger partial charge >= 0.3 is 0 Å². The summed E-state index contributed by atoms with van der Waals surface area (Å²) in [6, 6.07) is 0. The minimum Gasteiger partial charge on any atom is -0.390 e. The first-order chi connectivity index (χ1) is 14.0. The third kappa shape index (κ3) is 6.85. The molecule has 29 heavy (non-hydrogen) atoms. The van der Waals surface area contributed by atoms with Crippen LogP contribution >= 0.6 is 8.38 Å². The summed E-state index contributed by atoms with van der Waals surface area (Å²) in [5.74, 6) is -0.379. The number of nitrogens with zero attached hydrogens (tertiary/aromatic N) is 3. The summed E-state index contributed by atoms with van der Waals surface area (Å²) >= 11 is 0.